The summed E-state index contributed by atoms with van der Waals surface area (Å²) in [7, 11) is 1.56. The van der Waals surface area contributed by atoms with Crippen LogP contribution in [-0.2, 0) is 11.3 Å². The van der Waals surface area contributed by atoms with Gasteiger partial charge in [0.15, 0.2) is 0 Å². The van der Waals surface area contributed by atoms with Gasteiger partial charge < -0.3 is 15.0 Å². The standard InChI is InChI=1S/C19H22F2N2O2/c1-14(17-9-8-16(20)12-18(17)21)22-19(24)23(10-11-25-2)13-15-6-4-3-5-7-15/h3-9,12,14H,10-11,13H2,1-2H3,(H,22,24). The van der Waals surface area contributed by atoms with Gasteiger partial charge in [-0.25, -0.2) is 13.6 Å². The Morgan fingerprint density at radius 3 is 2.56 bits per heavy atom. The van der Waals surface area contributed by atoms with Crippen LogP contribution in [0.25, 0.3) is 0 Å². The molecule has 4 nitrogen and oxygen atoms in total. The zero-order chi connectivity index (χ0) is 18.2. The highest BCUT2D eigenvalue weighted by atomic mass is 19.1. The van der Waals surface area contributed by atoms with Crippen LogP contribution in [0.5, 0.6) is 0 Å². The molecule has 2 aromatic carbocycles. The van der Waals surface area contributed by atoms with Crippen LogP contribution in [0, 0.1) is 11.6 Å². The van der Waals surface area contributed by atoms with Gasteiger partial charge in [0.25, 0.3) is 0 Å². The molecule has 0 saturated carbocycles. The Morgan fingerprint density at radius 1 is 1.20 bits per heavy atom. The SMILES string of the molecule is COCCN(Cc1ccccc1)C(=O)NC(C)c1ccc(F)cc1F. The summed E-state index contributed by atoms with van der Waals surface area (Å²) in [5.41, 5.74) is 1.22. The summed E-state index contributed by atoms with van der Waals surface area (Å²) in [6.45, 7) is 2.86. The lowest BCUT2D eigenvalue weighted by molar-refractivity contribution is 0.145. The molecule has 0 saturated heterocycles. The molecule has 2 amide bonds. The average Bonchev–Trinajstić information content (AvgIpc) is 2.59. The van der Waals surface area contributed by atoms with Crippen LogP contribution in [0.4, 0.5) is 13.6 Å². The summed E-state index contributed by atoms with van der Waals surface area (Å²) in [5, 5.41) is 2.75. The Bertz CT molecular complexity index is 695. The molecular formula is C19H22F2N2O2. The Labute approximate surface area is 146 Å². The second-order valence-electron chi connectivity index (χ2n) is 5.74. The Kier molecular flexibility index (Phi) is 6.89. The van der Waals surface area contributed by atoms with Gasteiger partial charge in [0.1, 0.15) is 11.6 Å². The van der Waals surface area contributed by atoms with Crippen LogP contribution in [0.15, 0.2) is 48.5 Å². The number of urea groups is 1. The molecule has 0 radical (unpaired) electrons. The molecule has 6 heteroatoms. The van der Waals surface area contributed by atoms with E-state index in [4.69, 9.17) is 4.74 Å². The maximum absolute atomic E-state index is 13.9. The van der Waals surface area contributed by atoms with Gasteiger partial charge in [-0.15, -0.1) is 0 Å². The third kappa shape index (κ3) is 5.53. The highest BCUT2D eigenvalue weighted by Crippen LogP contribution is 2.18. The number of rotatable bonds is 7. The predicted octanol–water partition coefficient (Wildman–Crippen LogP) is 3.88. The third-order valence-corrected chi connectivity index (χ3v) is 3.84. The van der Waals surface area contributed by atoms with E-state index in [1.165, 1.54) is 12.1 Å². The molecular weight excluding hydrogens is 326 g/mol. The van der Waals surface area contributed by atoms with Crippen molar-refractivity contribution in [2.75, 3.05) is 20.3 Å². The molecule has 1 unspecified atom stereocenters. The maximum atomic E-state index is 13.9. The first kappa shape index (κ1) is 18.9. The van der Waals surface area contributed by atoms with Gasteiger partial charge in [0.2, 0.25) is 0 Å². The van der Waals surface area contributed by atoms with Crippen LogP contribution in [0.3, 0.4) is 0 Å². The van der Waals surface area contributed by atoms with Gasteiger partial charge in [-0.2, -0.15) is 0 Å². The molecule has 134 valence electrons. The third-order valence-electron chi connectivity index (χ3n) is 3.84. The maximum Gasteiger partial charge on any atom is 0.318 e. The van der Waals surface area contributed by atoms with E-state index >= 15 is 0 Å². The first-order valence-electron chi connectivity index (χ1n) is 8.04. The van der Waals surface area contributed by atoms with E-state index in [9.17, 15) is 13.6 Å². The minimum Gasteiger partial charge on any atom is -0.383 e. The molecule has 0 aliphatic heterocycles. The van der Waals surface area contributed by atoms with Gasteiger partial charge in [-0.05, 0) is 18.6 Å². The lowest BCUT2D eigenvalue weighted by Crippen LogP contribution is -2.42. The number of ether oxygens (including phenoxy) is 1. The highest BCUT2D eigenvalue weighted by molar-refractivity contribution is 5.74. The van der Waals surface area contributed by atoms with E-state index < -0.39 is 17.7 Å². The largest absolute Gasteiger partial charge is 0.383 e. The summed E-state index contributed by atoms with van der Waals surface area (Å²) < 4.78 is 32.0. The van der Waals surface area contributed by atoms with E-state index in [1.807, 2.05) is 30.3 Å². The number of benzene rings is 2. The summed E-state index contributed by atoms with van der Waals surface area (Å²) in [4.78, 5) is 14.2. The first-order chi connectivity index (χ1) is 12.0. The number of carbonyl (C=O) groups is 1. The number of hydrogen-bond acceptors (Lipinski definition) is 2. The zero-order valence-corrected chi connectivity index (χ0v) is 14.3. The molecule has 0 aromatic heterocycles. The molecule has 1 atom stereocenters. The normalized spacial score (nSPS) is 11.8. The van der Waals surface area contributed by atoms with Gasteiger partial charge in [-0.3, -0.25) is 0 Å². The second kappa shape index (κ2) is 9.13. The van der Waals surface area contributed by atoms with E-state index in [-0.39, 0.29) is 11.6 Å². The van der Waals surface area contributed by atoms with Crippen molar-refractivity contribution >= 4 is 6.03 Å². The molecule has 0 bridgehead atoms. The van der Waals surface area contributed by atoms with Crippen molar-refractivity contribution < 1.29 is 18.3 Å². The average molecular weight is 348 g/mol. The number of hydrogen-bond donors (Lipinski definition) is 1. The van der Waals surface area contributed by atoms with Gasteiger partial charge >= 0.3 is 6.03 Å². The van der Waals surface area contributed by atoms with Crippen molar-refractivity contribution in [2.45, 2.75) is 19.5 Å². The van der Waals surface area contributed by atoms with Gasteiger partial charge in [0, 0.05) is 31.8 Å². The van der Waals surface area contributed by atoms with Crippen molar-refractivity contribution in [2.24, 2.45) is 0 Å². The molecule has 25 heavy (non-hydrogen) atoms. The fourth-order valence-corrected chi connectivity index (χ4v) is 2.46. The molecule has 1 N–H and O–H groups in total. The molecule has 0 aliphatic carbocycles. The summed E-state index contributed by atoms with van der Waals surface area (Å²) in [6, 6.07) is 12.0. The van der Waals surface area contributed by atoms with Crippen LogP contribution >= 0.6 is 0 Å². The van der Waals surface area contributed by atoms with Crippen molar-refractivity contribution in [1.29, 1.82) is 0 Å². The van der Waals surface area contributed by atoms with Crippen LogP contribution in [0.2, 0.25) is 0 Å². The monoisotopic (exact) mass is 348 g/mol. The Hall–Kier alpha value is -2.47. The molecule has 2 rings (SSSR count). The van der Waals surface area contributed by atoms with Crippen LogP contribution in [-0.4, -0.2) is 31.2 Å². The van der Waals surface area contributed by atoms with Crippen molar-refractivity contribution in [3.63, 3.8) is 0 Å². The molecule has 0 heterocycles. The smallest absolute Gasteiger partial charge is 0.318 e. The number of methoxy groups -OCH3 is 1. The van der Waals surface area contributed by atoms with E-state index in [2.05, 4.69) is 5.32 Å². The van der Waals surface area contributed by atoms with Crippen molar-refractivity contribution in [3.05, 3.63) is 71.3 Å². The summed E-state index contributed by atoms with van der Waals surface area (Å²) in [6.07, 6.45) is 0. The second-order valence-corrected chi connectivity index (χ2v) is 5.74. The number of nitrogens with one attached hydrogen (secondary N) is 1. The van der Waals surface area contributed by atoms with Gasteiger partial charge in [-0.1, -0.05) is 36.4 Å². The van der Waals surface area contributed by atoms with E-state index in [1.54, 1.807) is 18.9 Å². The Morgan fingerprint density at radius 2 is 1.92 bits per heavy atom. The minimum atomic E-state index is -0.681. The number of nitrogens with zero attached hydrogens (tertiary/aromatic N) is 1. The number of amides is 2. The number of carbonyl (C=O) groups excluding carboxylic acids is 1. The van der Waals surface area contributed by atoms with Crippen molar-refractivity contribution in [3.8, 4) is 0 Å². The van der Waals surface area contributed by atoms with Gasteiger partial charge in [0.05, 0.1) is 12.6 Å². The topological polar surface area (TPSA) is 41.6 Å². The molecule has 0 fully saturated rings. The van der Waals surface area contributed by atoms with Crippen molar-refractivity contribution in [1.82, 2.24) is 10.2 Å². The molecule has 0 aliphatic rings. The molecule has 2 aromatic rings. The highest BCUT2D eigenvalue weighted by Gasteiger charge is 2.19. The quantitative estimate of drug-likeness (QED) is 0.825. The predicted molar refractivity (Wildman–Crippen MR) is 92.0 cm³/mol. The number of halogens is 2. The first-order valence-corrected chi connectivity index (χ1v) is 8.04. The fraction of sp³-hybridized carbons (Fsp3) is 0.316. The Balaban J connectivity index is 2.07. The summed E-state index contributed by atoms with van der Waals surface area (Å²) >= 11 is 0. The van der Waals surface area contributed by atoms with Crippen LogP contribution in [0.1, 0.15) is 24.1 Å². The zero-order valence-electron chi connectivity index (χ0n) is 14.3. The van der Waals surface area contributed by atoms with Crippen LogP contribution < -0.4 is 5.32 Å². The van der Waals surface area contributed by atoms with E-state index in [0.29, 0.717) is 19.7 Å². The summed E-state index contributed by atoms with van der Waals surface area (Å²) in [5.74, 6) is -1.33. The molecule has 0 spiro atoms. The lowest BCUT2D eigenvalue weighted by Gasteiger charge is -2.25. The fourth-order valence-electron chi connectivity index (χ4n) is 2.46. The lowest BCUT2D eigenvalue weighted by atomic mass is 10.1. The van der Waals surface area contributed by atoms with E-state index in [0.717, 1.165) is 11.6 Å². The minimum absolute atomic E-state index is 0.237.